The van der Waals surface area contributed by atoms with Crippen molar-refractivity contribution >= 4 is 22.2 Å². The van der Waals surface area contributed by atoms with Gasteiger partial charge in [0, 0.05) is 36.0 Å². The number of imidazole rings is 1. The van der Waals surface area contributed by atoms with Crippen molar-refractivity contribution in [3.8, 4) is 0 Å². The highest BCUT2D eigenvalue weighted by molar-refractivity contribution is 7.15. The number of aromatic nitrogens is 2. The van der Waals surface area contributed by atoms with Crippen LogP contribution in [0.3, 0.4) is 0 Å². The van der Waals surface area contributed by atoms with E-state index in [1.807, 2.05) is 0 Å². The molecule has 2 aromatic rings. The van der Waals surface area contributed by atoms with Crippen LogP contribution in [-0.4, -0.2) is 21.3 Å². The van der Waals surface area contributed by atoms with Crippen LogP contribution in [0.15, 0.2) is 11.6 Å². The summed E-state index contributed by atoms with van der Waals surface area (Å²) in [6.45, 7) is 0.833. The van der Waals surface area contributed by atoms with Crippen LogP contribution in [0.5, 0.6) is 0 Å². The van der Waals surface area contributed by atoms with Gasteiger partial charge in [-0.3, -0.25) is 9.20 Å². The second-order valence-electron chi connectivity index (χ2n) is 6.62. The molecule has 2 saturated carbocycles. The summed E-state index contributed by atoms with van der Waals surface area (Å²) in [5.41, 5.74) is 8.06. The number of hydrogen-bond acceptors (Lipinski definition) is 4. The summed E-state index contributed by atoms with van der Waals surface area (Å²) in [5, 5.41) is 5.74. The summed E-state index contributed by atoms with van der Waals surface area (Å²) in [6, 6.07) is 0.391. The molecular weight excluding hydrogens is 296 g/mol. The van der Waals surface area contributed by atoms with Gasteiger partial charge in [0.2, 0.25) is 5.91 Å². The Kier molecular flexibility index (Phi) is 3.66. The standard InChI is InChI=1S/C16H22N4OS/c17-15(21)11-2-1-3-12(8-11)18-9-13-14(10-4-5-10)19-16-20(13)6-7-22-16/h6-7,10-12,18H,1-5,8-9H2,(H2,17,21)/t11-,12-/m0/s1. The molecule has 2 heterocycles. The van der Waals surface area contributed by atoms with Crippen molar-refractivity contribution in [3.05, 3.63) is 23.0 Å². The number of primary amides is 1. The number of nitrogens with one attached hydrogen (secondary N) is 1. The number of amides is 1. The van der Waals surface area contributed by atoms with Gasteiger partial charge in [-0.25, -0.2) is 4.98 Å². The summed E-state index contributed by atoms with van der Waals surface area (Å²) in [5.74, 6) is 0.559. The topological polar surface area (TPSA) is 72.4 Å². The van der Waals surface area contributed by atoms with Gasteiger partial charge in [-0.2, -0.15) is 0 Å². The first-order valence-electron chi connectivity index (χ1n) is 8.19. The van der Waals surface area contributed by atoms with Crippen molar-refractivity contribution in [1.82, 2.24) is 14.7 Å². The molecule has 5 nitrogen and oxygen atoms in total. The largest absolute Gasteiger partial charge is 0.369 e. The lowest BCUT2D eigenvalue weighted by atomic mass is 9.85. The number of fused-ring (bicyclic) bond motifs is 1. The van der Waals surface area contributed by atoms with Crippen molar-refractivity contribution < 1.29 is 4.79 Å². The predicted molar refractivity (Wildman–Crippen MR) is 86.8 cm³/mol. The van der Waals surface area contributed by atoms with Gasteiger partial charge in [0.15, 0.2) is 4.96 Å². The van der Waals surface area contributed by atoms with E-state index in [1.165, 1.54) is 24.2 Å². The number of carbonyl (C=O) groups is 1. The zero-order valence-electron chi connectivity index (χ0n) is 12.6. The third-order valence-corrected chi connectivity index (χ3v) is 5.75. The maximum atomic E-state index is 11.4. The number of rotatable bonds is 5. The summed E-state index contributed by atoms with van der Waals surface area (Å²) in [7, 11) is 0. The van der Waals surface area contributed by atoms with Crippen molar-refractivity contribution in [1.29, 1.82) is 0 Å². The minimum absolute atomic E-state index is 0.0424. The van der Waals surface area contributed by atoms with E-state index in [1.54, 1.807) is 11.3 Å². The highest BCUT2D eigenvalue weighted by Crippen LogP contribution is 2.41. The minimum Gasteiger partial charge on any atom is -0.369 e. The van der Waals surface area contributed by atoms with E-state index in [0.29, 0.717) is 12.0 Å². The number of carbonyl (C=O) groups excluding carboxylic acids is 1. The zero-order valence-corrected chi connectivity index (χ0v) is 13.4. The first kappa shape index (κ1) is 14.2. The highest BCUT2D eigenvalue weighted by Gasteiger charge is 2.31. The summed E-state index contributed by atoms with van der Waals surface area (Å²) in [6.07, 6.45) is 8.69. The van der Waals surface area contributed by atoms with Crippen LogP contribution >= 0.6 is 11.3 Å². The van der Waals surface area contributed by atoms with Crippen molar-refractivity contribution in [2.75, 3.05) is 0 Å². The first-order chi connectivity index (χ1) is 10.7. The molecule has 0 radical (unpaired) electrons. The third-order valence-electron chi connectivity index (χ3n) is 4.99. The normalized spacial score (nSPS) is 25.6. The van der Waals surface area contributed by atoms with E-state index < -0.39 is 0 Å². The number of nitrogens with zero attached hydrogens (tertiary/aromatic N) is 2. The molecule has 2 aliphatic rings. The molecule has 2 aliphatic carbocycles. The van der Waals surface area contributed by atoms with Crippen LogP contribution in [0.2, 0.25) is 0 Å². The van der Waals surface area contributed by atoms with Crippen LogP contribution in [-0.2, 0) is 11.3 Å². The second-order valence-corrected chi connectivity index (χ2v) is 7.49. The molecule has 3 N–H and O–H groups in total. The van der Waals surface area contributed by atoms with Crippen LogP contribution in [0, 0.1) is 5.92 Å². The molecule has 1 amide bonds. The molecule has 0 saturated heterocycles. The van der Waals surface area contributed by atoms with E-state index in [2.05, 4.69) is 21.3 Å². The average Bonchev–Trinajstić information content (AvgIpc) is 3.16. The van der Waals surface area contributed by atoms with Gasteiger partial charge < -0.3 is 11.1 Å². The molecule has 0 aliphatic heterocycles. The smallest absolute Gasteiger partial charge is 0.220 e. The minimum atomic E-state index is -0.144. The summed E-state index contributed by atoms with van der Waals surface area (Å²) in [4.78, 5) is 17.3. The molecule has 0 bridgehead atoms. The molecule has 2 fully saturated rings. The van der Waals surface area contributed by atoms with Crippen LogP contribution in [0.4, 0.5) is 0 Å². The molecule has 2 atom stereocenters. The zero-order chi connectivity index (χ0) is 15.1. The van der Waals surface area contributed by atoms with Gasteiger partial charge >= 0.3 is 0 Å². The van der Waals surface area contributed by atoms with Crippen molar-refractivity contribution in [2.45, 2.75) is 57.0 Å². The Morgan fingerprint density at radius 2 is 2.27 bits per heavy atom. The van der Waals surface area contributed by atoms with Gasteiger partial charge in [0.05, 0.1) is 11.4 Å². The molecule has 118 valence electrons. The lowest BCUT2D eigenvalue weighted by Gasteiger charge is -2.28. The Bertz CT molecular complexity index is 687. The second kappa shape index (κ2) is 5.66. The molecular formula is C16H22N4OS. The maximum absolute atomic E-state index is 11.4. The molecule has 6 heteroatoms. The van der Waals surface area contributed by atoms with E-state index in [-0.39, 0.29) is 11.8 Å². The monoisotopic (exact) mass is 318 g/mol. The van der Waals surface area contributed by atoms with E-state index in [4.69, 9.17) is 10.7 Å². The van der Waals surface area contributed by atoms with Gasteiger partial charge in [-0.05, 0) is 32.1 Å². The molecule has 2 aromatic heterocycles. The van der Waals surface area contributed by atoms with E-state index >= 15 is 0 Å². The SMILES string of the molecule is NC(=O)[C@H]1CCC[C@H](NCc2c(C3CC3)nc3sccn23)C1. The van der Waals surface area contributed by atoms with Crippen LogP contribution in [0.1, 0.15) is 55.8 Å². The van der Waals surface area contributed by atoms with Crippen molar-refractivity contribution in [2.24, 2.45) is 11.7 Å². The number of hydrogen-bond donors (Lipinski definition) is 2. The lowest BCUT2D eigenvalue weighted by molar-refractivity contribution is -0.122. The Hall–Kier alpha value is -1.40. The Morgan fingerprint density at radius 1 is 1.41 bits per heavy atom. The fraction of sp³-hybridized carbons (Fsp3) is 0.625. The first-order valence-corrected chi connectivity index (χ1v) is 9.07. The maximum Gasteiger partial charge on any atom is 0.220 e. The van der Waals surface area contributed by atoms with Gasteiger partial charge in [0.1, 0.15) is 0 Å². The molecule has 0 aromatic carbocycles. The quantitative estimate of drug-likeness (QED) is 0.889. The fourth-order valence-electron chi connectivity index (χ4n) is 3.58. The van der Waals surface area contributed by atoms with Crippen LogP contribution < -0.4 is 11.1 Å². The Morgan fingerprint density at radius 3 is 3.05 bits per heavy atom. The fourth-order valence-corrected chi connectivity index (χ4v) is 4.32. The van der Waals surface area contributed by atoms with E-state index in [0.717, 1.165) is 37.2 Å². The molecule has 0 unspecified atom stereocenters. The Labute approximate surface area is 133 Å². The number of thiazole rings is 1. The number of nitrogens with two attached hydrogens (primary N) is 1. The summed E-state index contributed by atoms with van der Waals surface area (Å²) < 4.78 is 2.22. The predicted octanol–water partition coefficient (Wildman–Crippen LogP) is 2.41. The molecule has 4 rings (SSSR count). The third kappa shape index (κ3) is 2.65. The summed E-state index contributed by atoms with van der Waals surface area (Å²) >= 11 is 1.70. The highest BCUT2D eigenvalue weighted by atomic mass is 32.1. The van der Waals surface area contributed by atoms with E-state index in [9.17, 15) is 4.79 Å². The Balaban J connectivity index is 1.48. The lowest BCUT2D eigenvalue weighted by Crippen LogP contribution is -2.38. The molecule has 22 heavy (non-hydrogen) atoms. The van der Waals surface area contributed by atoms with Gasteiger partial charge in [0.25, 0.3) is 0 Å². The van der Waals surface area contributed by atoms with Crippen LogP contribution in [0.25, 0.3) is 4.96 Å². The molecule has 0 spiro atoms. The van der Waals surface area contributed by atoms with Gasteiger partial charge in [-0.15, -0.1) is 11.3 Å². The average molecular weight is 318 g/mol. The van der Waals surface area contributed by atoms with Gasteiger partial charge in [-0.1, -0.05) is 6.42 Å². The van der Waals surface area contributed by atoms with Crippen molar-refractivity contribution in [3.63, 3.8) is 0 Å².